The van der Waals surface area contributed by atoms with E-state index in [-0.39, 0.29) is 28.0 Å². The van der Waals surface area contributed by atoms with E-state index in [1.165, 1.54) is 11.1 Å². The minimum atomic E-state index is -4.61. The highest BCUT2D eigenvalue weighted by molar-refractivity contribution is 6.37. The molecule has 2 aliphatic rings. The average Bonchev–Trinajstić information content (AvgIpc) is 3.19. The summed E-state index contributed by atoms with van der Waals surface area (Å²) in [6.45, 7) is 4.17. The van der Waals surface area contributed by atoms with Crippen LogP contribution in [0.15, 0.2) is 71.6 Å². The smallest absolute Gasteiger partial charge is 0.435 e. The van der Waals surface area contributed by atoms with Crippen molar-refractivity contribution in [2.45, 2.75) is 39.5 Å². The molecular formula is C25H23Cl2F3N2O. The Hall–Kier alpha value is -2.44. The van der Waals surface area contributed by atoms with Gasteiger partial charge >= 0.3 is 6.18 Å². The van der Waals surface area contributed by atoms with E-state index < -0.39 is 11.9 Å². The SMILES string of the molecule is CC1=CC=C(C)C(C2C=CC(OCc3cc(C(F)(F)F)nn3-c3c(Cl)cccc3Cl)=CC2)C1. The number of ether oxygens (including phenoxy) is 1. The average molecular weight is 495 g/mol. The molecule has 0 spiro atoms. The summed E-state index contributed by atoms with van der Waals surface area (Å²) in [4.78, 5) is 0. The quantitative estimate of drug-likeness (QED) is 0.419. The third kappa shape index (κ3) is 5.22. The number of hydrogen-bond acceptors (Lipinski definition) is 2. The third-order valence-electron chi connectivity index (χ3n) is 5.98. The summed E-state index contributed by atoms with van der Waals surface area (Å²) >= 11 is 12.4. The van der Waals surface area contributed by atoms with Gasteiger partial charge < -0.3 is 4.74 Å². The topological polar surface area (TPSA) is 27.1 Å². The van der Waals surface area contributed by atoms with E-state index in [2.05, 4.69) is 37.2 Å². The van der Waals surface area contributed by atoms with Crippen molar-refractivity contribution in [2.24, 2.45) is 11.8 Å². The first-order chi connectivity index (χ1) is 15.6. The van der Waals surface area contributed by atoms with Gasteiger partial charge in [0.05, 0.1) is 15.7 Å². The zero-order valence-corrected chi connectivity index (χ0v) is 19.7. The van der Waals surface area contributed by atoms with Gasteiger partial charge in [-0.3, -0.25) is 0 Å². The Morgan fingerprint density at radius 2 is 1.88 bits per heavy atom. The first kappa shape index (κ1) is 23.7. The van der Waals surface area contributed by atoms with Crippen molar-refractivity contribution in [3.63, 3.8) is 0 Å². The maximum atomic E-state index is 13.4. The molecule has 1 aromatic heterocycles. The van der Waals surface area contributed by atoms with E-state index in [1.54, 1.807) is 18.2 Å². The van der Waals surface area contributed by atoms with Gasteiger partial charge in [-0.15, -0.1) is 0 Å². The fourth-order valence-corrected chi connectivity index (χ4v) is 4.75. The lowest BCUT2D eigenvalue weighted by Gasteiger charge is -2.29. The summed E-state index contributed by atoms with van der Waals surface area (Å²) in [6, 6.07) is 5.68. The van der Waals surface area contributed by atoms with E-state index in [0.717, 1.165) is 23.6 Å². The van der Waals surface area contributed by atoms with Gasteiger partial charge in [-0.05, 0) is 68.9 Å². The van der Waals surface area contributed by atoms with Gasteiger partial charge in [-0.2, -0.15) is 18.3 Å². The lowest BCUT2D eigenvalue weighted by atomic mass is 9.76. The molecule has 4 rings (SSSR count). The molecule has 1 heterocycles. The molecule has 0 fully saturated rings. The van der Waals surface area contributed by atoms with Crippen LogP contribution in [0, 0.1) is 11.8 Å². The van der Waals surface area contributed by atoms with Gasteiger partial charge in [-0.25, -0.2) is 4.68 Å². The minimum Gasteiger partial charge on any atom is -0.488 e. The van der Waals surface area contributed by atoms with Crippen molar-refractivity contribution in [1.29, 1.82) is 0 Å². The number of rotatable bonds is 5. The summed E-state index contributed by atoms with van der Waals surface area (Å²) in [5.74, 6) is 1.42. The summed E-state index contributed by atoms with van der Waals surface area (Å²) in [6.07, 6.45) is 7.56. The predicted molar refractivity (Wildman–Crippen MR) is 124 cm³/mol. The second-order valence-corrected chi connectivity index (χ2v) is 9.20. The Morgan fingerprint density at radius 3 is 2.52 bits per heavy atom. The van der Waals surface area contributed by atoms with Crippen LogP contribution in [-0.2, 0) is 17.5 Å². The van der Waals surface area contributed by atoms with Gasteiger partial charge in [0.1, 0.15) is 18.1 Å². The van der Waals surface area contributed by atoms with Gasteiger partial charge in [0.2, 0.25) is 0 Å². The van der Waals surface area contributed by atoms with Crippen LogP contribution in [0.25, 0.3) is 5.69 Å². The first-order valence-corrected chi connectivity index (χ1v) is 11.3. The predicted octanol–water partition coefficient (Wildman–Crippen LogP) is 8.09. The highest BCUT2D eigenvalue weighted by Crippen LogP contribution is 2.37. The molecule has 0 radical (unpaired) electrons. The van der Waals surface area contributed by atoms with Gasteiger partial charge in [0, 0.05) is 0 Å². The highest BCUT2D eigenvalue weighted by Gasteiger charge is 2.35. The Kier molecular flexibility index (Phi) is 6.78. The normalized spacial score (nSPS) is 20.9. The number of aromatic nitrogens is 2. The lowest BCUT2D eigenvalue weighted by Crippen LogP contribution is -2.18. The van der Waals surface area contributed by atoms with Gasteiger partial charge in [0.15, 0.2) is 5.69 Å². The number of benzene rings is 1. The molecule has 174 valence electrons. The Bertz CT molecular complexity index is 1150. The highest BCUT2D eigenvalue weighted by atomic mass is 35.5. The molecule has 0 saturated carbocycles. The maximum Gasteiger partial charge on any atom is 0.435 e. The molecule has 3 nitrogen and oxygen atoms in total. The van der Waals surface area contributed by atoms with Crippen LogP contribution in [0.3, 0.4) is 0 Å². The molecule has 2 aromatic rings. The third-order valence-corrected chi connectivity index (χ3v) is 6.59. The zero-order valence-electron chi connectivity index (χ0n) is 18.2. The number of para-hydroxylation sites is 1. The molecule has 2 atom stereocenters. The lowest BCUT2D eigenvalue weighted by molar-refractivity contribution is -0.141. The summed E-state index contributed by atoms with van der Waals surface area (Å²) < 4.78 is 47.0. The van der Waals surface area contributed by atoms with E-state index in [0.29, 0.717) is 17.6 Å². The Morgan fingerprint density at radius 1 is 1.15 bits per heavy atom. The maximum absolute atomic E-state index is 13.4. The number of alkyl halides is 3. The van der Waals surface area contributed by atoms with Gasteiger partial charge in [0.25, 0.3) is 0 Å². The number of nitrogens with zero attached hydrogens (tertiary/aromatic N) is 2. The monoisotopic (exact) mass is 494 g/mol. The van der Waals surface area contributed by atoms with Crippen molar-refractivity contribution >= 4 is 23.2 Å². The minimum absolute atomic E-state index is 0.115. The molecule has 1 aromatic carbocycles. The Balaban J connectivity index is 1.52. The van der Waals surface area contributed by atoms with Crippen LogP contribution < -0.4 is 0 Å². The molecule has 0 aliphatic heterocycles. The molecule has 2 unspecified atom stereocenters. The summed E-state index contributed by atoms with van der Waals surface area (Å²) in [7, 11) is 0. The van der Waals surface area contributed by atoms with Crippen molar-refractivity contribution < 1.29 is 17.9 Å². The second-order valence-electron chi connectivity index (χ2n) is 8.39. The molecule has 0 N–H and O–H groups in total. The van der Waals surface area contributed by atoms with E-state index >= 15 is 0 Å². The fraction of sp³-hybridized carbons (Fsp3) is 0.320. The fourth-order valence-electron chi connectivity index (χ4n) is 4.19. The van der Waals surface area contributed by atoms with Crippen molar-refractivity contribution in [3.8, 4) is 5.69 Å². The second kappa shape index (κ2) is 9.43. The number of allylic oxidation sites excluding steroid dienone is 7. The Labute approximate surface area is 200 Å². The molecule has 0 amide bonds. The van der Waals surface area contributed by atoms with E-state index in [4.69, 9.17) is 27.9 Å². The van der Waals surface area contributed by atoms with Crippen LogP contribution in [-0.4, -0.2) is 9.78 Å². The standard InChI is InChI=1S/C25H23Cl2F3N2O/c1-15-6-7-16(2)20(12-15)17-8-10-19(11-9-17)33-14-18-13-23(25(28,29)30)31-32(18)24-21(26)4-3-5-22(24)27/h3-8,10-11,13,17,20H,9,12,14H2,1-2H3. The van der Waals surface area contributed by atoms with E-state index in [9.17, 15) is 13.2 Å². The van der Waals surface area contributed by atoms with Crippen LogP contribution in [0.5, 0.6) is 0 Å². The molecule has 33 heavy (non-hydrogen) atoms. The van der Waals surface area contributed by atoms with Gasteiger partial charge in [-0.1, -0.05) is 58.6 Å². The molecule has 0 bridgehead atoms. The molecule has 8 heteroatoms. The number of halogens is 5. The molecule has 2 aliphatic carbocycles. The van der Waals surface area contributed by atoms with Crippen LogP contribution in [0.1, 0.15) is 38.1 Å². The van der Waals surface area contributed by atoms with Crippen LogP contribution >= 0.6 is 23.2 Å². The van der Waals surface area contributed by atoms with Crippen LogP contribution in [0.2, 0.25) is 10.0 Å². The van der Waals surface area contributed by atoms with E-state index in [1.807, 2.05) is 12.2 Å². The van der Waals surface area contributed by atoms with Crippen molar-refractivity contribution in [1.82, 2.24) is 9.78 Å². The summed E-state index contributed by atoms with van der Waals surface area (Å²) in [5.41, 5.74) is 2.06. The molecule has 0 saturated heterocycles. The largest absolute Gasteiger partial charge is 0.488 e. The first-order valence-electron chi connectivity index (χ1n) is 10.6. The van der Waals surface area contributed by atoms with Crippen LogP contribution in [0.4, 0.5) is 13.2 Å². The van der Waals surface area contributed by atoms with Crippen molar-refractivity contribution in [3.05, 3.63) is 93.0 Å². The van der Waals surface area contributed by atoms with Crippen molar-refractivity contribution in [2.75, 3.05) is 0 Å². The zero-order chi connectivity index (χ0) is 23.8. The summed E-state index contributed by atoms with van der Waals surface area (Å²) in [5, 5.41) is 4.11. The molecular weight excluding hydrogens is 472 g/mol. The number of hydrogen-bond donors (Lipinski definition) is 0.